The Labute approximate surface area is 80.5 Å². The second kappa shape index (κ2) is 3.92. The first-order chi connectivity index (χ1) is 5.59. The van der Waals surface area contributed by atoms with Gasteiger partial charge in [0.1, 0.15) is 5.75 Å². The maximum atomic E-state index is 9.19. The van der Waals surface area contributed by atoms with Gasteiger partial charge in [-0.2, -0.15) is 0 Å². The highest BCUT2D eigenvalue weighted by atomic mass is 79.9. The minimum Gasteiger partial charge on any atom is -0.508 e. The monoisotopic (exact) mass is 229 g/mol. The minimum absolute atomic E-state index is 0.114. The number of hydrogen-bond acceptors (Lipinski definition) is 2. The molecule has 0 heterocycles. The molecule has 0 aromatic heterocycles. The molecule has 66 valence electrons. The zero-order chi connectivity index (χ0) is 9.14. The molecule has 0 fully saturated rings. The average Bonchev–Trinajstić information content (AvgIpc) is 1.96. The molecule has 1 aromatic rings. The smallest absolute Gasteiger partial charge is 0.115 e. The minimum atomic E-state index is 0.114. The van der Waals surface area contributed by atoms with E-state index in [1.807, 2.05) is 13.0 Å². The normalized spacial score (nSPS) is 12.9. The Morgan fingerprint density at radius 1 is 1.58 bits per heavy atom. The highest BCUT2D eigenvalue weighted by Gasteiger charge is 2.03. The molecule has 1 rings (SSSR count). The van der Waals surface area contributed by atoms with E-state index in [2.05, 4.69) is 15.9 Å². The number of nitrogens with two attached hydrogens (primary N) is 1. The Morgan fingerprint density at radius 2 is 2.25 bits per heavy atom. The van der Waals surface area contributed by atoms with Gasteiger partial charge < -0.3 is 10.8 Å². The third-order valence-electron chi connectivity index (χ3n) is 1.57. The summed E-state index contributed by atoms with van der Waals surface area (Å²) in [5, 5.41) is 9.19. The van der Waals surface area contributed by atoms with E-state index in [4.69, 9.17) is 5.73 Å². The number of aromatic hydroxyl groups is 1. The van der Waals surface area contributed by atoms with Crippen molar-refractivity contribution in [1.29, 1.82) is 0 Å². The molecule has 0 aliphatic rings. The summed E-state index contributed by atoms with van der Waals surface area (Å²) >= 11 is 3.39. The Balaban J connectivity index is 2.90. The molecule has 1 aromatic carbocycles. The quantitative estimate of drug-likeness (QED) is 0.816. The lowest BCUT2D eigenvalue weighted by atomic mass is 10.1. The van der Waals surface area contributed by atoms with Crippen molar-refractivity contribution in [3.8, 4) is 5.75 Å². The van der Waals surface area contributed by atoms with Gasteiger partial charge in [0.25, 0.3) is 0 Å². The summed E-state index contributed by atoms with van der Waals surface area (Å²) < 4.78 is 0.998. The van der Waals surface area contributed by atoms with E-state index >= 15 is 0 Å². The molecule has 0 aliphatic carbocycles. The maximum Gasteiger partial charge on any atom is 0.115 e. The summed E-state index contributed by atoms with van der Waals surface area (Å²) in [4.78, 5) is 0. The molecule has 1 unspecified atom stereocenters. The van der Waals surface area contributed by atoms with Crippen molar-refractivity contribution in [2.75, 3.05) is 0 Å². The second-order valence-electron chi connectivity index (χ2n) is 2.96. The SMILES string of the molecule is CC(N)Cc1cc(O)ccc1Br. The largest absolute Gasteiger partial charge is 0.508 e. The highest BCUT2D eigenvalue weighted by Crippen LogP contribution is 2.22. The summed E-state index contributed by atoms with van der Waals surface area (Å²) in [7, 11) is 0. The van der Waals surface area contributed by atoms with Crippen LogP contribution >= 0.6 is 15.9 Å². The number of phenols is 1. The molecular weight excluding hydrogens is 218 g/mol. The first-order valence-electron chi connectivity index (χ1n) is 3.82. The van der Waals surface area contributed by atoms with Crippen molar-refractivity contribution >= 4 is 15.9 Å². The van der Waals surface area contributed by atoms with Crippen LogP contribution in [-0.4, -0.2) is 11.1 Å². The topological polar surface area (TPSA) is 46.2 Å². The van der Waals surface area contributed by atoms with Crippen LogP contribution in [0.4, 0.5) is 0 Å². The van der Waals surface area contributed by atoms with Crippen LogP contribution in [0.2, 0.25) is 0 Å². The van der Waals surface area contributed by atoms with Crippen LogP contribution in [0.3, 0.4) is 0 Å². The van der Waals surface area contributed by atoms with Crippen LogP contribution in [0.5, 0.6) is 5.75 Å². The molecule has 0 amide bonds. The van der Waals surface area contributed by atoms with Crippen molar-refractivity contribution in [3.05, 3.63) is 28.2 Å². The van der Waals surface area contributed by atoms with E-state index in [1.54, 1.807) is 12.1 Å². The maximum absolute atomic E-state index is 9.19. The average molecular weight is 230 g/mol. The molecule has 0 spiro atoms. The fourth-order valence-corrected chi connectivity index (χ4v) is 1.47. The highest BCUT2D eigenvalue weighted by molar-refractivity contribution is 9.10. The van der Waals surface area contributed by atoms with Crippen molar-refractivity contribution in [1.82, 2.24) is 0 Å². The summed E-state index contributed by atoms with van der Waals surface area (Å²) in [6.45, 7) is 1.94. The fourth-order valence-electron chi connectivity index (χ4n) is 1.06. The van der Waals surface area contributed by atoms with Crippen molar-refractivity contribution in [3.63, 3.8) is 0 Å². The number of benzene rings is 1. The number of rotatable bonds is 2. The fraction of sp³-hybridized carbons (Fsp3) is 0.333. The van der Waals surface area contributed by atoms with Gasteiger partial charge >= 0.3 is 0 Å². The Hall–Kier alpha value is -0.540. The second-order valence-corrected chi connectivity index (χ2v) is 3.81. The molecule has 0 aliphatic heterocycles. The van der Waals surface area contributed by atoms with Gasteiger partial charge in [-0.05, 0) is 37.1 Å². The van der Waals surface area contributed by atoms with Gasteiger partial charge in [0.15, 0.2) is 0 Å². The summed E-state index contributed by atoms with van der Waals surface area (Å²) in [6.07, 6.45) is 0.773. The molecule has 12 heavy (non-hydrogen) atoms. The van der Waals surface area contributed by atoms with Crippen LogP contribution < -0.4 is 5.73 Å². The zero-order valence-electron chi connectivity index (χ0n) is 6.92. The predicted molar refractivity (Wildman–Crippen MR) is 53.2 cm³/mol. The Bertz CT molecular complexity index is 273. The molecule has 3 N–H and O–H groups in total. The van der Waals surface area contributed by atoms with E-state index < -0.39 is 0 Å². The van der Waals surface area contributed by atoms with Crippen LogP contribution in [0.25, 0.3) is 0 Å². The predicted octanol–water partition coefficient (Wildman–Crippen LogP) is 2.04. The van der Waals surface area contributed by atoms with Crippen molar-refractivity contribution < 1.29 is 5.11 Å². The van der Waals surface area contributed by atoms with Gasteiger partial charge in [-0.15, -0.1) is 0 Å². The molecule has 0 radical (unpaired) electrons. The first-order valence-corrected chi connectivity index (χ1v) is 4.62. The van der Waals surface area contributed by atoms with E-state index in [-0.39, 0.29) is 11.8 Å². The third-order valence-corrected chi connectivity index (χ3v) is 2.34. The summed E-state index contributed by atoms with van der Waals surface area (Å²) in [6, 6.07) is 5.32. The van der Waals surface area contributed by atoms with Gasteiger partial charge in [-0.3, -0.25) is 0 Å². The molecule has 0 saturated carbocycles. The summed E-state index contributed by atoms with van der Waals surface area (Å²) in [5.74, 6) is 0.286. The lowest BCUT2D eigenvalue weighted by Crippen LogP contribution is -2.17. The number of hydrogen-bond donors (Lipinski definition) is 2. The standard InChI is InChI=1S/C9H12BrNO/c1-6(11)4-7-5-8(12)2-3-9(7)10/h2-3,5-6,12H,4,11H2,1H3. The van der Waals surface area contributed by atoms with E-state index in [1.165, 1.54) is 0 Å². The molecular formula is C9H12BrNO. The molecule has 0 bridgehead atoms. The number of phenolic OH excluding ortho intramolecular Hbond substituents is 1. The third kappa shape index (κ3) is 2.50. The van der Waals surface area contributed by atoms with Crippen LogP contribution in [-0.2, 0) is 6.42 Å². The molecule has 2 nitrogen and oxygen atoms in total. The Kier molecular flexibility index (Phi) is 3.12. The summed E-state index contributed by atoms with van der Waals surface area (Å²) in [5.41, 5.74) is 6.69. The van der Waals surface area contributed by atoms with Gasteiger partial charge in [0.05, 0.1) is 0 Å². The molecule has 1 atom stereocenters. The van der Waals surface area contributed by atoms with Crippen LogP contribution in [0.15, 0.2) is 22.7 Å². The lowest BCUT2D eigenvalue weighted by Gasteiger charge is -2.07. The van der Waals surface area contributed by atoms with E-state index in [0.717, 1.165) is 16.5 Å². The van der Waals surface area contributed by atoms with Gasteiger partial charge in [-0.1, -0.05) is 15.9 Å². The Morgan fingerprint density at radius 3 is 2.83 bits per heavy atom. The zero-order valence-corrected chi connectivity index (χ0v) is 8.51. The van der Waals surface area contributed by atoms with Crippen LogP contribution in [0, 0.1) is 0 Å². The van der Waals surface area contributed by atoms with E-state index in [0.29, 0.717) is 0 Å². The molecule has 3 heteroatoms. The van der Waals surface area contributed by atoms with Gasteiger partial charge in [0.2, 0.25) is 0 Å². The van der Waals surface area contributed by atoms with Crippen molar-refractivity contribution in [2.24, 2.45) is 5.73 Å². The van der Waals surface area contributed by atoms with Crippen molar-refractivity contribution in [2.45, 2.75) is 19.4 Å². The lowest BCUT2D eigenvalue weighted by molar-refractivity contribution is 0.474. The van der Waals surface area contributed by atoms with Gasteiger partial charge in [-0.25, -0.2) is 0 Å². The number of halogens is 1. The van der Waals surface area contributed by atoms with E-state index in [9.17, 15) is 5.11 Å². The first kappa shape index (κ1) is 9.55. The molecule has 0 saturated heterocycles. The van der Waals surface area contributed by atoms with Crippen LogP contribution in [0.1, 0.15) is 12.5 Å². The van der Waals surface area contributed by atoms with Gasteiger partial charge in [0, 0.05) is 10.5 Å².